The number of hydrogen-bond donors (Lipinski definition) is 2. The third-order valence-electron chi connectivity index (χ3n) is 5.96. The van der Waals surface area contributed by atoms with Gasteiger partial charge in [-0.3, -0.25) is 9.59 Å². The third kappa shape index (κ3) is 3.52. The lowest BCUT2D eigenvalue weighted by Gasteiger charge is -2.14. The van der Waals surface area contributed by atoms with Gasteiger partial charge in [-0.05, 0) is 68.8 Å². The molecule has 1 aromatic heterocycles. The van der Waals surface area contributed by atoms with Crippen molar-refractivity contribution in [2.24, 2.45) is 33.7 Å². The number of nitrogens with two attached hydrogens (primary N) is 1. The zero-order valence-electron chi connectivity index (χ0n) is 15.7. The maximum Gasteiger partial charge on any atom is 0.251 e. The van der Waals surface area contributed by atoms with Crippen LogP contribution in [0.4, 0.5) is 5.00 Å². The molecule has 3 aliphatic carbocycles. The second-order valence-corrected chi connectivity index (χ2v) is 10.3. The van der Waals surface area contributed by atoms with E-state index in [9.17, 15) is 9.59 Å². The van der Waals surface area contributed by atoms with Gasteiger partial charge in [0, 0.05) is 4.88 Å². The van der Waals surface area contributed by atoms with Crippen LogP contribution < -0.4 is 11.1 Å². The zero-order chi connectivity index (χ0) is 19.3. The van der Waals surface area contributed by atoms with Gasteiger partial charge in [0.2, 0.25) is 5.91 Å². The Morgan fingerprint density at radius 1 is 1.14 bits per heavy atom. The summed E-state index contributed by atoms with van der Waals surface area (Å²) in [6.45, 7) is 0. The number of thiophene rings is 1. The molecule has 1 aliphatic heterocycles. The summed E-state index contributed by atoms with van der Waals surface area (Å²) in [5.41, 5.74) is 8.44. The van der Waals surface area contributed by atoms with Gasteiger partial charge in [0.15, 0.2) is 0 Å². The van der Waals surface area contributed by atoms with Crippen molar-refractivity contribution >= 4 is 50.7 Å². The largest absolute Gasteiger partial charge is 0.365 e. The Balaban J connectivity index is 1.24. The first-order chi connectivity index (χ1) is 13.6. The van der Waals surface area contributed by atoms with Gasteiger partial charge >= 0.3 is 0 Å². The van der Waals surface area contributed by atoms with Crippen molar-refractivity contribution in [3.8, 4) is 0 Å². The Bertz CT molecular complexity index is 896. The Labute approximate surface area is 172 Å². The monoisotopic (exact) mass is 416 g/mol. The van der Waals surface area contributed by atoms with E-state index in [1.165, 1.54) is 59.4 Å². The zero-order valence-corrected chi connectivity index (χ0v) is 17.3. The van der Waals surface area contributed by atoms with Crippen LogP contribution in [0.5, 0.6) is 0 Å². The number of rotatable bonds is 6. The lowest BCUT2D eigenvalue weighted by molar-refractivity contribution is -0.113. The van der Waals surface area contributed by atoms with Crippen LogP contribution >= 0.6 is 23.1 Å². The molecule has 28 heavy (non-hydrogen) atoms. The minimum Gasteiger partial charge on any atom is -0.365 e. The van der Waals surface area contributed by atoms with Crippen LogP contribution in [0.3, 0.4) is 0 Å². The van der Waals surface area contributed by atoms with Gasteiger partial charge in [-0.25, -0.2) is 0 Å². The number of hydrogen-bond acceptors (Lipinski definition) is 6. The summed E-state index contributed by atoms with van der Waals surface area (Å²) in [5, 5.41) is 13.4. The van der Waals surface area contributed by atoms with Crippen LogP contribution in [0.15, 0.2) is 10.2 Å². The van der Waals surface area contributed by atoms with Crippen molar-refractivity contribution in [1.82, 2.24) is 0 Å². The van der Waals surface area contributed by atoms with Gasteiger partial charge < -0.3 is 11.1 Å². The molecule has 2 fully saturated rings. The number of nitrogens with one attached hydrogen (secondary N) is 1. The van der Waals surface area contributed by atoms with E-state index in [1.54, 1.807) is 0 Å². The molecule has 148 valence electrons. The van der Waals surface area contributed by atoms with Crippen molar-refractivity contribution in [2.75, 3.05) is 11.1 Å². The molecule has 0 bridgehead atoms. The third-order valence-corrected chi connectivity index (χ3v) is 8.20. The molecular formula is C20H24N4O2S2. The fourth-order valence-electron chi connectivity index (χ4n) is 4.28. The number of nitrogens with zero attached hydrogens (tertiary/aromatic N) is 2. The number of anilines is 1. The molecule has 4 aliphatic rings. The van der Waals surface area contributed by atoms with Gasteiger partial charge in [-0.2, -0.15) is 5.10 Å². The predicted octanol–water partition coefficient (Wildman–Crippen LogP) is 3.60. The maximum absolute atomic E-state index is 12.6. The number of carbonyl (C=O) groups excluding carboxylic acids is 2. The van der Waals surface area contributed by atoms with Crippen LogP contribution in [0.1, 0.15) is 59.3 Å². The maximum atomic E-state index is 12.6. The minimum atomic E-state index is -0.446. The van der Waals surface area contributed by atoms with E-state index in [2.05, 4.69) is 15.5 Å². The van der Waals surface area contributed by atoms with E-state index in [-0.39, 0.29) is 11.7 Å². The van der Waals surface area contributed by atoms with E-state index in [0.717, 1.165) is 36.3 Å². The minimum absolute atomic E-state index is 0.108. The molecule has 0 spiro atoms. The predicted molar refractivity (Wildman–Crippen MR) is 114 cm³/mol. The van der Waals surface area contributed by atoms with E-state index >= 15 is 0 Å². The number of fused-ring (bicyclic) bond motifs is 1. The molecule has 8 heteroatoms. The van der Waals surface area contributed by atoms with Crippen LogP contribution in [-0.4, -0.2) is 28.3 Å². The molecule has 6 nitrogen and oxygen atoms in total. The first kappa shape index (κ1) is 18.4. The van der Waals surface area contributed by atoms with Crippen molar-refractivity contribution in [1.29, 1.82) is 0 Å². The average Bonchev–Trinajstić information content (AvgIpc) is 3.60. The second-order valence-electron chi connectivity index (χ2n) is 8.17. The fraction of sp³-hybridized carbons (Fsp3) is 0.600. The number of aryl methyl sites for hydroxylation is 1. The summed E-state index contributed by atoms with van der Waals surface area (Å²) in [5.74, 6) is 1.37. The molecule has 2 saturated carbocycles. The summed E-state index contributed by atoms with van der Waals surface area (Å²) in [7, 11) is 0. The second kappa shape index (κ2) is 7.30. The summed E-state index contributed by atoms with van der Waals surface area (Å²) in [6, 6.07) is 0. The van der Waals surface area contributed by atoms with Crippen LogP contribution in [0, 0.1) is 17.8 Å². The number of carbonyl (C=O) groups is 2. The van der Waals surface area contributed by atoms with E-state index in [4.69, 9.17) is 5.73 Å². The lowest BCUT2D eigenvalue weighted by Crippen LogP contribution is -2.24. The molecule has 3 N–H and O–H groups in total. The lowest BCUT2D eigenvalue weighted by atomic mass is 9.95. The van der Waals surface area contributed by atoms with Crippen LogP contribution in [0.2, 0.25) is 0 Å². The Morgan fingerprint density at radius 3 is 2.64 bits per heavy atom. The summed E-state index contributed by atoms with van der Waals surface area (Å²) in [6.07, 6.45) is 8.97. The van der Waals surface area contributed by atoms with Crippen molar-refractivity contribution in [3.05, 3.63) is 16.0 Å². The Hall–Kier alpha value is -1.67. The molecule has 5 rings (SSSR count). The van der Waals surface area contributed by atoms with E-state index < -0.39 is 5.91 Å². The molecule has 2 amide bonds. The smallest absolute Gasteiger partial charge is 0.251 e. The molecular weight excluding hydrogens is 392 g/mol. The summed E-state index contributed by atoms with van der Waals surface area (Å²) < 4.78 is 0. The molecule has 0 saturated heterocycles. The average molecular weight is 417 g/mol. The van der Waals surface area contributed by atoms with Crippen molar-refractivity contribution < 1.29 is 9.59 Å². The fourth-order valence-corrected chi connectivity index (χ4v) is 6.53. The first-order valence-electron chi connectivity index (χ1n) is 10.1. The molecule has 1 aromatic rings. The first-order valence-corrected chi connectivity index (χ1v) is 11.9. The van der Waals surface area contributed by atoms with Gasteiger partial charge in [0.1, 0.15) is 10.0 Å². The van der Waals surface area contributed by atoms with Gasteiger partial charge in [-0.15, -0.1) is 16.4 Å². The quantitative estimate of drug-likeness (QED) is 0.741. The highest BCUT2D eigenvalue weighted by Crippen LogP contribution is 2.47. The molecule has 2 heterocycles. The molecule has 0 radical (unpaired) electrons. The summed E-state index contributed by atoms with van der Waals surface area (Å²) in [4.78, 5) is 25.8. The van der Waals surface area contributed by atoms with E-state index in [1.807, 2.05) is 0 Å². The standard InChI is InChI=1S/C20H24N4O2S2/c21-18(26)16-12-3-1-2-4-13(12)28-19(16)22-14(25)9-27-20-15(10-5-6-10)17(23-24-20)11-7-8-11/h10-11,15H,1-9H2,(H2,21,26)(H,22,25). The highest BCUT2D eigenvalue weighted by Gasteiger charge is 2.45. The molecule has 1 atom stereocenters. The molecule has 0 aromatic carbocycles. The van der Waals surface area contributed by atoms with Crippen molar-refractivity contribution in [2.45, 2.75) is 51.4 Å². The van der Waals surface area contributed by atoms with Crippen LogP contribution in [0.25, 0.3) is 0 Å². The van der Waals surface area contributed by atoms with Gasteiger partial charge in [-0.1, -0.05) is 11.8 Å². The number of thioether (sulfide) groups is 1. The Kier molecular flexibility index (Phi) is 4.79. The highest BCUT2D eigenvalue weighted by molar-refractivity contribution is 8.14. The normalized spacial score (nSPS) is 23.8. The van der Waals surface area contributed by atoms with Gasteiger partial charge in [0.25, 0.3) is 5.91 Å². The SMILES string of the molecule is NC(=O)c1c(NC(=O)CSC2=NN=C(C3CC3)C2C2CC2)sc2c1CCCC2. The number of amides is 2. The molecule has 1 unspecified atom stereocenters. The van der Waals surface area contributed by atoms with E-state index in [0.29, 0.717) is 28.3 Å². The number of primary amides is 1. The Morgan fingerprint density at radius 2 is 1.93 bits per heavy atom. The summed E-state index contributed by atoms with van der Waals surface area (Å²) >= 11 is 3.01. The topological polar surface area (TPSA) is 96.9 Å². The van der Waals surface area contributed by atoms with Crippen molar-refractivity contribution in [3.63, 3.8) is 0 Å². The highest BCUT2D eigenvalue weighted by atomic mass is 32.2. The van der Waals surface area contributed by atoms with Crippen LogP contribution in [-0.2, 0) is 17.6 Å². The van der Waals surface area contributed by atoms with Gasteiger partial charge in [0.05, 0.1) is 22.9 Å².